The summed E-state index contributed by atoms with van der Waals surface area (Å²) in [4.78, 5) is 10.5. The molecule has 0 spiro atoms. The van der Waals surface area contributed by atoms with Gasteiger partial charge >= 0.3 is 6.16 Å². The minimum atomic E-state index is -0.621. The molecule has 0 atom stereocenters. The maximum atomic E-state index is 10.5. The lowest BCUT2D eigenvalue weighted by atomic mass is 10.3. The average Bonchev–Trinajstić information content (AvgIpc) is 2.45. The summed E-state index contributed by atoms with van der Waals surface area (Å²) in [5.41, 5.74) is 0. The quantitative estimate of drug-likeness (QED) is 0.381. The van der Waals surface area contributed by atoms with Gasteiger partial charge in [0.25, 0.3) is 0 Å². The summed E-state index contributed by atoms with van der Waals surface area (Å²) in [5, 5.41) is 6.44. The van der Waals surface area contributed by atoms with E-state index in [-0.39, 0.29) is 0 Å². The van der Waals surface area contributed by atoms with Crippen molar-refractivity contribution in [2.75, 3.05) is 39.9 Å². The molecule has 19 heavy (non-hydrogen) atoms. The molecule has 0 aromatic heterocycles. The third-order valence-corrected chi connectivity index (χ3v) is 2.12. The Hall–Kier alpha value is -1.25. The number of ether oxygens (including phenoxy) is 2. The maximum absolute atomic E-state index is 10.5. The lowest BCUT2D eigenvalue weighted by molar-refractivity contribution is 0.0735. The predicted molar refractivity (Wildman–Crippen MR) is 78.1 cm³/mol. The highest BCUT2D eigenvalue weighted by Crippen LogP contribution is 1.84. The van der Waals surface area contributed by atoms with Gasteiger partial charge in [0.2, 0.25) is 0 Å². The van der Waals surface area contributed by atoms with Crippen LogP contribution >= 0.6 is 0 Å². The number of hydrogen-bond acceptors (Lipinski definition) is 5. The zero-order valence-corrected chi connectivity index (χ0v) is 12.7. The Bertz CT molecular complexity index is 241. The second kappa shape index (κ2) is 19.1. The SMILES string of the molecule is CC#CC.CCNCCCCNCCOC(=O)OC. The van der Waals surface area contributed by atoms with Crippen LogP contribution in [0.25, 0.3) is 0 Å². The van der Waals surface area contributed by atoms with Crippen molar-refractivity contribution >= 4 is 6.16 Å². The fraction of sp³-hybridized carbons (Fsp3) is 0.786. The first-order valence-corrected chi connectivity index (χ1v) is 6.68. The summed E-state index contributed by atoms with van der Waals surface area (Å²) in [6, 6.07) is 0. The molecule has 0 fully saturated rings. The minimum Gasteiger partial charge on any atom is -0.438 e. The Labute approximate surface area is 117 Å². The number of nitrogens with one attached hydrogen (secondary N) is 2. The second-order valence-corrected chi connectivity index (χ2v) is 3.61. The number of carbonyl (C=O) groups is 1. The Balaban J connectivity index is 0. The fourth-order valence-electron chi connectivity index (χ4n) is 1.07. The van der Waals surface area contributed by atoms with Crippen molar-refractivity contribution in [2.45, 2.75) is 33.6 Å². The molecule has 0 aromatic rings. The molecule has 0 aromatic carbocycles. The van der Waals surface area contributed by atoms with Gasteiger partial charge in [-0.25, -0.2) is 4.79 Å². The van der Waals surface area contributed by atoms with Crippen LogP contribution in [-0.2, 0) is 9.47 Å². The third kappa shape index (κ3) is 22.4. The number of unbranched alkanes of at least 4 members (excludes halogenated alkanes) is 1. The van der Waals surface area contributed by atoms with Gasteiger partial charge in [-0.2, -0.15) is 0 Å². The molecule has 5 nitrogen and oxygen atoms in total. The summed E-state index contributed by atoms with van der Waals surface area (Å²) < 4.78 is 9.03. The summed E-state index contributed by atoms with van der Waals surface area (Å²) in [6.07, 6.45) is 1.67. The molecule has 0 aliphatic heterocycles. The van der Waals surface area contributed by atoms with Gasteiger partial charge in [0.15, 0.2) is 0 Å². The Morgan fingerprint density at radius 1 is 1.05 bits per heavy atom. The van der Waals surface area contributed by atoms with Crippen molar-refractivity contribution in [1.29, 1.82) is 0 Å². The summed E-state index contributed by atoms with van der Waals surface area (Å²) in [7, 11) is 1.30. The number of hydrogen-bond donors (Lipinski definition) is 2. The van der Waals surface area contributed by atoms with Gasteiger partial charge in [0.05, 0.1) is 7.11 Å². The van der Waals surface area contributed by atoms with Gasteiger partial charge in [0, 0.05) is 6.54 Å². The van der Waals surface area contributed by atoms with Crippen LogP contribution in [0.2, 0.25) is 0 Å². The molecule has 0 rings (SSSR count). The van der Waals surface area contributed by atoms with E-state index >= 15 is 0 Å². The monoisotopic (exact) mass is 272 g/mol. The number of carbonyl (C=O) groups excluding carboxylic acids is 1. The van der Waals surface area contributed by atoms with Crippen molar-refractivity contribution in [3.63, 3.8) is 0 Å². The molecule has 0 radical (unpaired) electrons. The van der Waals surface area contributed by atoms with Crippen LogP contribution in [0, 0.1) is 11.8 Å². The highest BCUT2D eigenvalue weighted by Gasteiger charge is 1.97. The molecule has 0 saturated carbocycles. The van der Waals surface area contributed by atoms with Crippen LogP contribution in [0.4, 0.5) is 4.79 Å². The molecular weight excluding hydrogens is 244 g/mol. The van der Waals surface area contributed by atoms with Crippen LogP contribution < -0.4 is 10.6 Å². The molecule has 0 heterocycles. The molecule has 0 unspecified atom stereocenters. The van der Waals surface area contributed by atoms with Gasteiger partial charge in [-0.1, -0.05) is 6.92 Å². The highest BCUT2D eigenvalue weighted by molar-refractivity contribution is 5.59. The highest BCUT2D eigenvalue weighted by atomic mass is 16.7. The Morgan fingerprint density at radius 2 is 1.63 bits per heavy atom. The normalized spacial score (nSPS) is 8.63. The zero-order chi connectivity index (χ0) is 14.8. The first-order chi connectivity index (χ1) is 9.22. The van der Waals surface area contributed by atoms with Crippen molar-refractivity contribution in [3.8, 4) is 11.8 Å². The molecule has 0 aliphatic rings. The maximum Gasteiger partial charge on any atom is 0.508 e. The lowest BCUT2D eigenvalue weighted by Gasteiger charge is -2.05. The van der Waals surface area contributed by atoms with Crippen LogP contribution in [0.1, 0.15) is 33.6 Å². The van der Waals surface area contributed by atoms with Crippen LogP contribution in [-0.4, -0.2) is 46.1 Å². The van der Waals surface area contributed by atoms with E-state index in [1.165, 1.54) is 13.5 Å². The van der Waals surface area contributed by atoms with Crippen LogP contribution in [0.15, 0.2) is 0 Å². The molecule has 0 amide bonds. The van der Waals surface area contributed by atoms with E-state index in [4.69, 9.17) is 4.74 Å². The number of rotatable bonds is 9. The zero-order valence-electron chi connectivity index (χ0n) is 12.7. The van der Waals surface area contributed by atoms with E-state index in [1.54, 1.807) is 0 Å². The first-order valence-electron chi connectivity index (χ1n) is 6.68. The fourth-order valence-corrected chi connectivity index (χ4v) is 1.07. The molecule has 0 aliphatic carbocycles. The second-order valence-electron chi connectivity index (χ2n) is 3.61. The van der Waals surface area contributed by atoms with Crippen molar-refractivity contribution in [1.82, 2.24) is 10.6 Å². The molecule has 0 bridgehead atoms. The average molecular weight is 272 g/mol. The van der Waals surface area contributed by atoms with Crippen LogP contribution in [0.5, 0.6) is 0 Å². The molecule has 2 N–H and O–H groups in total. The topological polar surface area (TPSA) is 59.6 Å². The Morgan fingerprint density at radius 3 is 2.11 bits per heavy atom. The lowest BCUT2D eigenvalue weighted by Crippen LogP contribution is -2.23. The minimum absolute atomic E-state index is 0.361. The van der Waals surface area contributed by atoms with E-state index < -0.39 is 6.16 Å². The van der Waals surface area contributed by atoms with Crippen molar-refractivity contribution < 1.29 is 14.3 Å². The van der Waals surface area contributed by atoms with Gasteiger partial charge < -0.3 is 20.1 Å². The van der Waals surface area contributed by atoms with E-state index in [0.717, 1.165) is 26.1 Å². The summed E-state index contributed by atoms with van der Waals surface area (Å²) in [6.45, 7) is 9.83. The molecule has 0 saturated heterocycles. The largest absolute Gasteiger partial charge is 0.508 e. The summed E-state index contributed by atoms with van der Waals surface area (Å²) >= 11 is 0. The van der Waals surface area contributed by atoms with Gasteiger partial charge in [-0.15, -0.1) is 11.8 Å². The van der Waals surface area contributed by atoms with Crippen LogP contribution in [0.3, 0.4) is 0 Å². The van der Waals surface area contributed by atoms with Gasteiger partial charge in [-0.05, 0) is 46.3 Å². The Kier molecular flexibility index (Phi) is 20.2. The smallest absolute Gasteiger partial charge is 0.438 e. The third-order valence-electron chi connectivity index (χ3n) is 2.12. The number of methoxy groups -OCH3 is 1. The first kappa shape index (κ1) is 20.1. The standard InChI is InChI=1S/C10H22N2O3.C4H6/c1-3-11-6-4-5-7-12-8-9-15-10(13)14-2;1-3-4-2/h11-12H,3-9H2,1-2H3;1-2H3. The van der Waals surface area contributed by atoms with E-state index in [1.807, 2.05) is 13.8 Å². The van der Waals surface area contributed by atoms with Gasteiger partial charge in [-0.3, -0.25) is 0 Å². The molecule has 5 heteroatoms. The van der Waals surface area contributed by atoms with E-state index in [0.29, 0.717) is 13.2 Å². The van der Waals surface area contributed by atoms with E-state index in [9.17, 15) is 4.79 Å². The van der Waals surface area contributed by atoms with E-state index in [2.05, 4.69) is 34.1 Å². The van der Waals surface area contributed by atoms with Gasteiger partial charge in [0.1, 0.15) is 6.61 Å². The van der Waals surface area contributed by atoms with Crippen molar-refractivity contribution in [2.24, 2.45) is 0 Å². The predicted octanol–water partition coefficient (Wildman–Crippen LogP) is 1.78. The summed E-state index contributed by atoms with van der Waals surface area (Å²) in [5.74, 6) is 5.36. The van der Waals surface area contributed by atoms with Crippen molar-refractivity contribution in [3.05, 3.63) is 0 Å². The molecule has 112 valence electrons. The molecular formula is C14H28N2O3.